The standard InChI is InChI=1S/C18H21N3O2S/c1-3-11-21-13-17(16-9-6-10-19-18(16)21)24(22,23)20-12-15-8-5-4-7-14(15)2/h4-10,13,20H,3,11-12H2,1-2H3. The van der Waals surface area contributed by atoms with Crippen LogP contribution < -0.4 is 4.72 Å². The minimum atomic E-state index is -3.61. The van der Waals surface area contributed by atoms with E-state index in [9.17, 15) is 8.42 Å². The molecule has 24 heavy (non-hydrogen) atoms. The van der Waals surface area contributed by atoms with Crippen molar-refractivity contribution in [3.63, 3.8) is 0 Å². The minimum absolute atomic E-state index is 0.274. The third kappa shape index (κ3) is 3.20. The van der Waals surface area contributed by atoms with Crippen LogP contribution in [-0.4, -0.2) is 18.0 Å². The maximum absolute atomic E-state index is 12.8. The van der Waals surface area contributed by atoms with E-state index in [0.29, 0.717) is 11.0 Å². The van der Waals surface area contributed by atoms with E-state index < -0.39 is 10.0 Å². The summed E-state index contributed by atoms with van der Waals surface area (Å²) in [4.78, 5) is 4.62. The van der Waals surface area contributed by atoms with Gasteiger partial charge in [-0.05, 0) is 36.6 Å². The van der Waals surface area contributed by atoms with Gasteiger partial charge in [-0.25, -0.2) is 18.1 Å². The summed E-state index contributed by atoms with van der Waals surface area (Å²) in [6, 6.07) is 11.3. The number of nitrogens with zero attached hydrogens (tertiary/aromatic N) is 2. The van der Waals surface area contributed by atoms with Gasteiger partial charge in [0.15, 0.2) is 0 Å². The Morgan fingerprint density at radius 3 is 2.71 bits per heavy atom. The summed E-state index contributed by atoms with van der Waals surface area (Å²) in [6.45, 7) is 5.04. The van der Waals surface area contributed by atoms with Crippen molar-refractivity contribution in [3.8, 4) is 0 Å². The third-order valence-corrected chi connectivity index (χ3v) is 5.49. The molecule has 0 amide bonds. The summed E-state index contributed by atoms with van der Waals surface area (Å²) in [6.07, 6.45) is 4.28. The van der Waals surface area contributed by atoms with Gasteiger partial charge in [0, 0.05) is 30.9 Å². The van der Waals surface area contributed by atoms with Crippen LogP contribution in [0.1, 0.15) is 24.5 Å². The molecule has 0 bridgehead atoms. The number of fused-ring (bicyclic) bond motifs is 1. The molecule has 0 fully saturated rings. The summed E-state index contributed by atoms with van der Waals surface area (Å²) in [5.74, 6) is 0. The monoisotopic (exact) mass is 343 g/mol. The zero-order valence-electron chi connectivity index (χ0n) is 13.9. The fourth-order valence-electron chi connectivity index (χ4n) is 2.77. The highest BCUT2D eigenvalue weighted by molar-refractivity contribution is 7.89. The first-order valence-corrected chi connectivity index (χ1v) is 9.49. The molecule has 2 heterocycles. The van der Waals surface area contributed by atoms with Crippen LogP contribution in [-0.2, 0) is 23.1 Å². The van der Waals surface area contributed by atoms with Crippen LogP contribution >= 0.6 is 0 Å². The van der Waals surface area contributed by atoms with Crippen molar-refractivity contribution in [2.45, 2.75) is 38.3 Å². The smallest absolute Gasteiger partial charge is 0.243 e. The lowest BCUT2D eigenvalue weighted by atomic mass is 10.1. The molecule has 0 aliphatic carbocycles. The van der Waals surface area contributed by atoms with E-state index in [1.54, 1.807) is 24.5 Å². The van der Waals surface area contributed by atoms with Gasteiger partial charge in [-0.2, -0.15) is 0 Å². The molecule has 0 radical (unpaired) electrons. The van der Waals surface area contributed by atoms with Crippen molar-refractivity contribution in [2.75, 3.05) is 0 Å². The number of aromatic nitrogens is 2. The van der Waals surface area contributed by atoms with E-state index in [0.717, 1.165) is 24.1 Å². The van der Waals surface area contributed by atoms with Crippen LogP contribution in [0, 0.1) is 6.92 Å². The number of benzene rings is 1. The zero-order valence-corrected chi connectivity index (χ0v) is 14.7. The average Bonchev–Trinajstić information content (AvgIpc) is 2.94. The van der Waals surface area contributed by atoms with Gasteiger partial charge >= 0.3 is 0 Å². The van der Waals surface area contributed by atoms with Crippen LogP contribution in [0.2, 0.25) is 0 Å². The SMILES string of the molecule is CCCn1cc(S(=O)(=O)NCc2ccccc2C)c2cccnc21. The van der Waals surface area contributed by atoms with Gasteiger partial charge in [0.1, 0.15) is 10.5 Å². The van der Waals surface area contributed by atoms with Gasteiger partial charge in [0.25, 0.3) is 0 Å². The molecule has 3 aromatic rings. The maximum Gasteiger partial charge on any atom is 0.243 e. The van der Waals surface area contributed by atoms with Gasteiger partial charge in [-0.1, -0.05) is 31.2 Å². The van der Waals surface area contributed by atoms with Crippen molar-refractivity contribution < 1.29 is 8.42 Å². The molecular formula is C18H21N3O2S. The highest BCUT2D eigenvalue weighted by Gasteiger charge is 2.21. The number of sulfonamides is 1. The Morgan fingerprint density at radius 2 is 1.96 bits per heavy atom. The van der Waals surface area contributed by atoms with Crippen LogP contribution in [0.25, 0.3) is 11.0 Å². The molecule has 126 valence electrons. The predicted molar refractivity (Wildman–Crippen MR) is 95.2 cm³/mol. The molecule has 0 saturated carbocycles. The lowest BCUT2D eigenvalue weighted by molar-refractivity contribution is 0.581. The average molecular weight is 343 g/mol. The fraction of sp³-hybridized carbons (Fsp3) is 0.278. The second-order valence-corrected chi connectivity index (χ2v) is 7.55. The Balaban J connectivity index is 1.95. The van der Waals surface area contributed by atoms with Gasteiger partial charge < -0.3 is 4.57 Å². The first kappa shape index (κ1) is 16.7. The molecule has 0 aliphatic rings. The number of nitrogens with one attached hydrogen (secondary N) is 1. The fourth-order valence-corrected chi connectivity index (χ4v) is 3.99. The Labute approximate surface area is 142 Å². The highest BCUT2D eigenvalue weighted by Crippen LogP contribution is 2.24. The van der Waals surface area contributed by atoms with Gasteiger partial charge in [-0.3, -0.25) is 0 Å². The summed E-state index contributed by atoms with van der Waals surface area (Å²) in [7, 11) is -3.61. The van der Waals surface area contributed by atoms with E-state index >= 15 is 0 Å². The third-order valence-electron chi connectivity index (χ3n) is 4.07. The van der Waals surface area contributed by atoms with Crippen molar-refractivity contribution in [1.29, 1.82) is 0 Å². The number of hydrogen-bond donors (Lipinski definition) is 1. The van der Waals surface area contributed by atoms with Gasteiger partial charge in [0.05, 0.1) is 0 Å². The van der Waals surface area contributed by atoms with Crippen molar-refractivity contribution in [1.82, 2.24) is 14.3 Å². The number of pyridine rings is 1. The van der Waals surface area contributed by atoms with Crippen molar-refractivity contribution in [2.24, 2.45) is 0 Å². The molecule has 0 spiro atoms. The second kappa shape index (κ2) is 6.75. The Bertz CT molecular complexity index is 961. The zero-order chi connectivity index (χ0) is 17.2. The highest BCUT2D eigenvalue weighted by atomic mass is 32.2. The summed E-state index contributed by atoms with van der Waals surface area (Å²) < 4.78 is 30.2. The largest absolute Gasteiger partial charge is 0.331 e. The van der Waals surface area contributed by atoms with E-state index in [1.165, 1.54) is 0 Å². The molecular weight excluding hydrogens is 322 g/mol. The van der Waals surface area contributed by atoms with Crippen molar-refractivity contribution >= 4 is 21.1 Å². The minimum Gasteiger partial charge on any atom is -0.331 e. The topological polar surface area (TPSA) is 64.0 Å². The molecule has 1 aromatic carbocycles. The quantitative estimate of drug-likeness (QED) is 0.747. The lowest BCUT2D eigenvalue weighted by Crippen LogP contribution is -2.23. The van der Waals surface area contributed by atoms with E-state index in [4.69, 9.17) is 0 Å². The van der Waals surface area contributed by atoms with Crippen LogP contribution in [0.3, 0.4) is 0 Å². The van der Waals surface area contributed by atoms with E-state index in [-0.39, 0.29) is 11.4 Å². The Morgan fingerprint density at radius 1 is 1.17 bits per heavy atom. The summed E-state index contributed by atoms with van der Waals surface area (Å²) in [5.41, 5.74) is 2.74. The molecule has 2 aromatic heterocycles. The second-order valence-electron chi connectivity index (χ2n) is 5.81. The first-order valence-electron chi connectivity index (χ1n) is 8.01. The number of aryl methyl sites for hydroxylation is 2. The molecule has 0 unspecified atom stereocenters. The normalized spacial score (nSPS) is 11.9. The molecule has 3 rings (SSSR count). The van der Waals surface area contributed by atoms with Crippen LogP contribution in [0.4, 0.5) is 0 Å². The molecule has 5 nitrogen and oxygen atoms in total. The maximum atomic E-state index is 12.8. The summed E-state index contributed by atoms with van der Waals surface area (Å²) >= 11 is 0. The van der Waals surface area contributed by atoms with E-state index in [1.807, 2.05) is 35.8 Å². The van der Waals surface area contributed by atoms with Gasteiger partial charge in [-0.15, -0.1) is 0 Å². The number of rotatable bonds is 6. The van der Waals surface area contributed by atoms with Crippen LogP contribution in [0.5, 0.6) is 0 Å². The predicted octanol–water partition coefficient (Wildman–Crippen LogP) is 3.23. The van der Waals surface area contributed by atoms with Crippen molar-refractivity contribution in [3.05, 3.63) is 59.9 Å². The molecule has 6 heteroatoms. The van der Waals surface area contributed by atoms with E-state index in [2.05, 4.69) is 16.6 Å². The Hall–Kier alpha value is -2.18. The number of hydrogen-bond acceptors (Lipinski definition) is 3. The molecule has 0 saturated heterocycles. The van der Waals surface area contributed by atoms with Gasteiger partial charge in [0.2, 0.25) is 10.0 Å². The summed E-state index contributed by atoms with van der Waals surface area (Å²) in [5, 5.41) is 0.656. The van der Waals surface area contributed by atoms with Crippen LogP contribution in [0.15, 0.2) is 53.7 Å². The first-order chi connectivity index (χ1) is 11.5. The molecule has 0 aliphatic heterocycles. The lowest BCUT2D eigenvalue weighted by Gasteiger charge is -2.08. The molecule has 1 N–H and O–H groups in total. The molecule has 0 atom stereocenters. The Kier molecular flexibility index (Phi) is 4.69.